The summed E-state index contributed by atoms with van der Waals surface area (Å²) >= 11 is 0. The van der Waals surface area contributed by atoms with E-state index in [9.17, 15) is 4.79 Å². The fourth-order valence-electron chi connectivity index (χ4n) is 2.44. The molecule has 0 aliphatic carbocycles. The second kappa shape index (κ2) is 8.10. The van der Waals surface area contributed by atoms with E-state index in [1.54, 1.807) is 0 Å². The number of carbonyl (C=O) groups is 1. The van der Waals surface area contributed by atoms with Gasteiger partial charge in [0.2, 0.25) is 5.91 Å². The molecule has 1 heterocycles. The van der Waals surface area contributed by atoms with Crippen LogP contribution in [-0.2, 0) is 4.79 Å². The van der Waals surface area contributed by atoms with E-state index in [2.05, 4.69) is 20.5 Å². The molecule has 128 valence electrons. The first kappa shape index (κ1) is 16.7. The molecular weight excluding hydrogens is 316 g/mol. The van der Waals surface area contributed by atoms with Crippen LogP contribution in [0, 0.1) is 6.92 Å². The number of hydrogen-bond donors (Lipinski definition) is 2. The lowest BCUT2D eigenvalue weighted by Crippen LogP contribution is -2.31. The van der Waals surface area contributed by atoms with Crippen molar-refractivity contribution in [2.24, 2.45) is 0 Å². The SMILES string of the molecule is Cc1nc(C(NC(=O)CCOc2ccccc2)c2ccccc2)n[nH]1. The lowest BCUT2D eigenvalue weighted by molar-refractivity contribution is -0.122. The van der Waals surface area contributed by atoms with Crippen molar-refractivity contribution < 1.29 is 9.53 Å². The second-order valence-corrected chi connectivity index (χ2v) is 5.60. The lowest BCUT2D eigenvalue weighted by Gasteiger charge is -2.16. The van der Waals surface area contributed by atoms with E-state index < -0.39 is 6.04 Å². The zero-order chi connectivity index (χ0) is 17.5. The summed E-state index contributed by atoms with van der Waals surface area (Å²) in [6.45, 7) is 2.14. The topological polar surface area (TPSA) is 79.9 Å². The summed E-state index contributed by atoms with van der Waals surface area (Å²) in [7, 11) is 0. The summed E-state index contributed by atoms with van der Waals surface area (Å²) in [4.78, 5) is 16.7. The highest BCUT2D eigenvalue weighted by atomic mass is 16.5. The molecule has 0 bridgehead atoms. The molecule has 0 saturated carbocycles. The van der Waals surface area contributed by atoms with Gasteiger partial charge < -0.3 is 10.1 Å². The van der Waals surface area contributed by atoms with Crippen molar-refractivity contribution in [2.45, 2.75) is 19.4 Å². The molecule has 0 spiro atoms. The maximum absolute atomic E-state index is 12.3. The van der Waals surface area contributed by atoms with Gasteiger partial charge in [0.05, 0.1) is 13.0 Å². The van der Waals surface area contributed by atoms with Crippen LogP contribution in [0.5, 0.6) is 5.75 Å². The summed E-state index contributed by atoms with van der Waals surface area (Å²) in [5.74, 6) is 1.88. The van der Waals surface area contributed by atoms with Crippen molar-refractivity contribution in [3.05, 3.63) is 77.9 Å². The third-order valence-electron chi connectivity index (χ3n) is 3.65. The maximum Gasteiger partial charge on any atom is 0.224 e. The standard InChI is InChI=1S/C19H20N4O2/c1-14-20-19(23-22-14)18(15-8-4-2-5-9-15)21-17(24)12-13-25-16-10-6-3-7-11-16/h2-11,18H,12-13H2,1H3,(H,21,24)(H,20,22,23). The Morgan fingerprint density at radius 2 is 1.80 bits per heavy atom. The van der Waals surface area contributed by atoms with Crippen LogP contribution in [0.15, 0.2) is 60.7 Å². The molecule has 0 aliphatic heterocycles. The molecule has 0 aliphatic rings. The van der Waals surface area contributed by atoms with Gasteiger partial charge in [0, 0.05) is 0 Å². The van der Waals surface area contributed by atoms with Crippen molar-refractivity contribution in [3.63, 3.8) is 0 Å². The highest BCUT2D eigenvalue weighted by molar-refractivity contribution is 5.77. The van der Waals surface area contributed by atoms with Crippen molar-refractivity contribution in [2.75, 3.05) is 6.61 Å². The van der Waals surface area contributed by atoms with E-state index in [0.29, 0.717) is 18.3 Å². The van der Waals surface area contributed by atoms with Gasteiger partial charge in [0.15, 0.2) is 5.82 Å². The van der Waals surface area contributed by atoms with Gasteiger partial charge in [-0.2, -0.15) is 5.10 Å². The van der Waals surface area contributed by atoms with Crippen molar-refractivity contribution in [1.29, 1.82) is 0 Å². The van der Waals surface area contributed by atoms with Gasteiger partial charge >= 0.3 is 0 Å². The van der Waals surface area contributed by atoms with Gasteiger partial charge in [-0.05, 0) is 24.6 Å². The Labute approximate surface area is 146 Å². The van der Waals surface area contributed by atoms with E-state index >= 15 is 0 Å². The highest BCUT2D eigenvalue weighted by Crippen LogP contribution is 2.19. The zero-order valence-corrected chi connectivity index (χ0v) is 14.0. The number of aromatic amines is 1. The smallest absolute Gasteiger partial charge is 0.224 e. The fraction of sp³-hybridized carbons (Fsp3) is 0.211. The number of H-pyrrole nitrogens is 1. The molecular formula is C19H20N4O2. The van der Waals surface area contributed by atoms with Crippen LogP contribution in [0.4, 0.5) is 0 Å². The van der Waals surface area contributed by atoms with Crippen molar-refractivity contribution in [3.8, 4) is 5.75 Å². The predicted octanol–water partition coefficient (Wildman–Crippen LogP) is 2.79. The number of nitrogens with zero attached hydrogens (tertiary/aromatic N) is 2. The summed E-state index contributed by atoms with van der Waals surface area (Å²) < 4.78 is 5.58. The minimum atomic E-state index is -0.393. The predicted molar refractivity (Wildman–Crippen MR) is 94.1 cm³/mol. The van der Waals surface area contributed by atoms with E-state index in [1.807, 2.05) is 67.6 Å². The van der Waals surface area contributed by atoms with Gasteiger partial charge in [-0.15, -0.1) is 0 Å². The number of rotatable bonds is 7. The summed E-state index contributed by atoms with van der Waals surface area (Å²) in [6.07, 6.45) is 0.252. The average Bonchev–Trinajstić information content (AvgIpc) is 3.07. The van der Waals surface area contributed by atoms with E-state index in [-0.39, 0.29) is 12.3 Å². The van der Waals surface area contributed by atoms with Crippen LogP contribution < -0.4 is 10.1 Å². The minimum absolute atomic E-state index is 0.118. The summed E-state index contributed by atoms with van der Waals surface area (Å²) in [6, 6.07) is 18.7. The number of nitrogens with one attached hydrogen (secondary N) is 2. The van der Waals surface area contributed by atoms with Crippen LogP contribution in [0.1, 0.15) is 29.7 Å². The average molecular weight is 336 g/mol. The van der Waals surface area contributed by atoms with Crippen LogP contribution in [-0.4, -0.2) is 27.7 Å². The van der Waals surface area contributed by atoms with E-state index in [4.69, 9.17) is 4.74 Å². The normalized spacial score (nSPS) is 11.7. The largest absolute Gasteiger partial charge is 0.493 e. The number of amides is 1. The van der Waals surface area contributed by atoms with Crippen LogP contribution in [0.3, 0.4) is 0 Å². The van der Waals surface area contributed by atoms with Crippen LogP contribution in [0.25, 0.3) is 0 Å². The highest BCUT2D eigenvalue weighted by Gasteiger charge is 2.20. The Morgan fingerprint density at radius 1 is 1.12 bits per heavy atom. The molecule has 2 N–H and O–H groups in total. The molecule has 1 atom stereocenters. The monoisotopic (exact) mass is 336 g/mol. The fourth-order valence-corrected chi connectivity index (χ4v) is 2.44. The molecule has 3 rings (SSSR count). The quantitative estimate of drug-likeness (QED) is 0.695. The number of aromatic nitrogens is 3. The van der Waals surface area contributed by atoms with Crippen LogP contribution in [0.2, 0.25) is 0 Å². The first-order valence-corrected chi connectivity index (χ1v) is 8.13. The lowest BCUT2D eigenvalue weighted by atomic mass is 10.1. The molecule has 25 heavy (non-hydrogen) atoms. The first-order valence-electron chi connectivity index (χ1n) is 8.13. The van der Waals surface area contributed by atoms with Gasteiger partial charge in [-0.3, -0.25) is 9.89 Å². The Kier molecular flexibility index (Phi) is 5.41. The van der Waals surface area contributed by atoms with E-state index in [0.717, 1.165) is 11.3 Å². The number of hydrogen-bond acceptors (Lipinski definition) is 4. The number of carbonyl (C=O) groups excluding carboxylic acids is 1. The Hall–Kier alpha value is -3.15. The number of benzene rings is 2. The molecule has 1 aromatic heterocycles. The Bertz CT molecular complexity index is 803. The molecule has 1 unspecified atom stereocenters. The Morgan fingerprint density at radius 3 is 2.44 bits per heavy atom. The number of aryl methyl sites for hydroxylation is 1. The van der Waals surface area contributed by atoms with Gasteiger partial charge in [0.25, 0.3) is 0 Å². The third kappa shape index (κ3) is 4.67. The minimum Gasteiger partial charge on any atom is -0.493 e. The molecule has 3 aromatic rings. The molecule has 0 radical (unpaired) electrons. The maximum atomic E-state index is 12.3. The number of ether oxygens (including phenoxy) is 1. The third-order valence-corrected chi connectivity index (χ3v) is 3.65. The van der Waals surface area contributed by atoms with Crippen LogP contribution >= 0.6 is 0 Å². The summed E-state index contributed by atoms with van der Waals surface area (Å²) in [5.41, 5.74) is 0.929. The Balaban J connectivity index is 1.63. The zero-order valence-electron chi connectivity index (χ0n) is 14.0. The van der Waals surface area contributed by atoms with Gasteiger partial charge in [-0.25, -0.2) is 4.98 Å². The number of para-hydroxylation sites is 1. The molecule has 2 aromatic carbocycles. The molecule has 6 heteroatoms. The van der Waals surface area contributed by atoms with Crippen molar-refractivity contribution >= 4 is 5.91 Å². The molecule has 1 amide bonds. The molecule has 0 saturated heterocycles. The first-order chi connectivity index (χ1) is 12.2. The molecule has 6 nitrogen and oxygen atoms in total. The van der Waals surface area contributed by atoms with Gasteiger partial charge in [-0.1, -0.05) is 48.5 Å². The second-order valence-electron chi connectivity index (χ2n) is 5.60. The van der Waals surface area contributed by atoms with E-state index in [1.165, 1.54) is 0 Å². The van der Waals surface area contributed by atoms with Gasteiger partial charge in [0.1, 0.15) is 17.6 Å². The summed E-state index contributed by atoms with van der Waals surface area (Å²) in [5, 5.41) is 10.00. The van der Waals surface area contributed by atoms with Crippen molar-refractivity contribution in [1.82, 2.24) is 20.5 Å². The molecule has 0 fully saturated rings.